The first-order chi connectivity index (χ1) is 8.28. The molecular formula is C14H21NO2. The maximum Gasteiger partial charge on any atom is 0.161 e. The average Bonchev–Trinajstić information content (AvgIpc) is 3.19. The Hall–Kier alpha value is -1.22. The first kappa shape index (κ1) is 12.2. The summed E-state index contributed by atoms with van der Waals surface area (Å²) in [5.74, 6) is 1.60. The van der Waals surface area contributed by atoms with Gasteiger partial charge in [0.15, 0.2) is 11.5 Å². The van der Waals surface area contributed by atoms with Gasteiger partial charge < -0.3 is 14.8 Å². The Kier molecular flexibility index (Phi) is 3.89. The molecule has 0 bridgehead atoms. The number of benzene rings is 1. The van der Waals surface area contributed by atoms with Crippen LogP contribution in [-0.2, 0) is 0 Å². The van der Waals surface area contributed by atoms with Gasteiger partial charge in [-0.2, -0.15) is 0 Å². The van der Waals surface area contributed by atoms with E-state index in [4.69, 9.17) is 9.47 Å². The van der Waals surface area contributed by atoms with E-state index in [-0.39, 0.29) is 0 Å². The van der Waals surface area contributed by atoms with Crippen molar-refractivity contribution in [3.05, 3.63) is 23.8 Å². The second-order valence-electron chi connectivity index (χ2n) is 4.52. The predicted molar refractivity (Wildman–Crippen MR) is 68.7 cm³/mol. The molecule has 1 aliphatic rings. The van der Waals surface area contributed by atoms with E-state index in [0.29, 0.717) is 12.1 Å². The Labute approximate surface area is 103 Å². The third kappa shape index (κ3) is 2.91. The summed E-state index contributed by atoms with van der Waals surface area (Å²) in [7, 11) is 3.34. The smallest absolute Gasteiger partial charge is 0.161 e. The van der Waals surface area contributed by atoms with Gasteiger partial charge in [-0.3, -0.25) is 0 Å². The van der Waals surface area contributed by atoms with Crippen molar-refractivity contribution in [2.75, 3.05) is 14.2 Å². The second kappa shape index (κ2) is 5.41. The van der Waals surface area contributed by atoms with Crippen molar-refractivity contribution in [1.82, 2.24) is 5.32 Å². The van der Waals surface area contributed by atoms with E-state index < -0.39 is 0 Å². The minimum absolute atomic E-state index is 0.419. The molecule has 1 fully saturated rings. The van der Waals surface area contributed by atoms with Crippen molar-refractivity contribution >= 4 is 0 Å². The lowest BCUT2D eigenvalue weighted by Gasteiger charge is -2.18. The fourth-order valence-electron chi connectivity index (χ4n) is 2.05. The molecule has 17 heavy (non-hydrogen) atoms. The van der Waals surface area contributed by atoms with Crippen molar-refractivity contribution in [3.63, 3.8) is 0 Å². The molecule has 1 N–H and O–H groups in total. The highest BCUT2D eigenvalue weighted by Crippen LogP contribution is 2.32. The molecule has 94 valence electrons. The van der Waals surface area contributed by atoms with Crippen LogP contribution in [0.25, 0.3) is 0 Å². The molecule has 1 saturated carbocycles. The zero-order valence-electron chi connectivity index (χ0n) is 10.8. The maximum atomic E-state index is 5.34. The Morgan fingerprint density at radius 3 is 2.47 bits per heavy atom. The zero-order chi connectivity index (χ0) is 12.3. The summed E-state index contributed by atoms with van der Waals surface area (Å²) in [6, 6.07) is 7.30. The van der Waals surface area contributed by atoms with E-state index in [2.05, 4.69) is 24.4 Å². The number of nitrogens with one attached hydrogen (secondary N) is 1. The van der Waals surface area contributed by atoms with Crippen molar-refractivity contribution in [2.24, 2.45) is 0 Å². The molecule has 1 unspecified atom stereocenters. The molecule has 1 atom stereocenters. The summed E-state index contributed by atoms with van der Waals surface area (Å²) in [4.78, 5) is 0. The molecule has 0 amide bonds. The molecule has 3 heteroatoms. The molecule has 1 aromatic carbocycles. The van der Waals surface area contributed by atoms with E-state index in [1.165, 1.54) is 18.4 Å². The summed E-state index contributed by atoms with van der Waals surface area (Å²) < 4.78 is 10.6. The fraction of sp³-hybridized carbons (Fsp3) is 0.571. The Balaban J connectivity index is 2.17. The van der Waals surface area contributed by atoms with Gasteiger partial charge in [-0.15, -0.1) is 0 Å². The van der Waals surface area contributed by atoms with E-state index in [9.17, 15) is 0 Å². The SMILES string of the molecule is CCC(NC1CC1)c1ccc(OC)c(OC)c1. The highest BCUT2D eigenvalue weighted by atomic mass is 16.5. The van der Waals surface area contributed by atoms with E-state index in [1.54, 1.807) is 14.2 Å². The molecule has 0 aliphatic heterocycles. The Morgan fingerprint density at radius 2 is 1.94 bits per heavy atom. The lowest BCUT2D eigenvalue weighted by Crippen LogP contribution is -2.22. The predicted octanol–water partition coefficient (Wildman–Crippen LogP) is 2.91. The lowest BCUT2D eigenvalue weighted by molar-refractivity contribution is 0.353. The molecule has 3 nitrogen and oxygen atoms in total. The van der Waals surface area contributed by atoms with Gasteiger partial charge in [-0.25, -0.2) is 0 Å². The van der Waals surface area contributed by atoms with Crippen LogP contribution in [0.5, 0.6) is 11.5 Å². The summed E-state index contributed by atoms with van der Waals surface area (Å²) in [6.45, 7) is 2.21. The van der Waals surface area contributed by atoms with Crippen molar-refractivity contribution in [2.45, 2.75) is 38.3 Å². The largest absolute Gasteiger partial charge is 0.493 e. The van der Waals surface area contributed by atoms with Gasteiger partial charge in [0, 0.05) is 12.1 Å². The molecule has 0 spiro atoms. The van der Waals surface area contributed by atoms with Gasteiger partial charge in [0.2, 0.25) is 0 Å². The van der Waals surface area contributed by atoms with Gasteiger partial charge in [-0.1, -0.05) is 13.0 Å². The van der Waals surface area contributed by atoms with Gasteiger partial charge in [-0.05, 0) is 37.0 Å². The van der Waals surface area contributed by atoms with Crippen LogP contribution >= 0.6 is 0 Å². The highest BCUT2D eigenvalue weighted by molar-refractivity contribution is 5.43. The maximum absolute atomic E-state index is 5.34. The summed E-state index contributed by atoms with van der Waals surface area (Å²) in [6.07, 6.45) is 3.71. The van der Waals surface area contributed by atoms with Crippen LogP contribution in [0.2, 0.25) is 0 Å². The Morgan fingerprint density at radius 1 is 1.24 bits per heavy atom. The normalized spacial score (nSPS) is 16.6. The van der Waals surface area contributed by atoms with E-state index in [0.717, 1.165) is 17.9 Å². The number of methoxy groups -OCH3 is 2. The molecule has 2 rings (SSSR count). The van der Waals surface area contributed by atoms with Crippen LogP contribution in [0.3, 0.4) is 0 Å². The number of rotatable bonds is 6. The molecule has 0 saturated heterocycles. The third-order valence-corrected chi connectivity index (χ3v) is 3.23. The van der Waals surface area contributed by atoms with Gasteiger partial charge in [0.25, 0.3) is 0 Å². The summed E-state index contributed by atoms with van der Waals surface area (Å²) in [5, 5.41) is 3.65. The van der Waals surface area contributed by atoms with Crippen molar-refractivity contribution in [1.29, 1.82) is 0 Å². The molecule has 0 aromatic heterocycles. The van der Waals surface area contributed by atoms with Crippen LogP contribution in [0.15, 0.2) is 18.2 Å². The monoisotopic (exact) mass is 235 g/mol. The topological polar surface area (TPSA) is 30.5 Å². The summed E-state index contributed by atoms with van der Waals surface area (Å²) in [5.41, 5.74) is 1.28. The van der Waals surface area contributed by atoms with E-state index in [1.807, 2.05) is 6.07 Å². The van der Waals surface area contributed by atoms with Crippen LogP contribution in [0.1, 0.15) is 37.8 Å². The van der Waals surface area contributed by atoms with Gasteiger partial charge >= 0.3 is 0 Å². The molecular weight excluding hydrogens is 214 g/mol. The van der Waals surface area contributed by atoms with Crippen LogP contribution in [-0.4, -0.2) is 20.3 Å². The number of ether oxygens (including phenoxy) is 2. The minimum atomic E-state index is 0.419. The highest BCUT2D eigenvalue weighted by Gasteiger charge is 2.24. The first-order valence-corrected chi connectivity index (χ1v) is 6.26. The molecule has 0 heterocycles. The average molecular weight is 235 g/mol. The van der Waals surface area contributed by atoms with Crippen molar-refractivity contribution < 1.29 is 9.47 Å². The van der Waals surface area contributed by atoms with Gasteiger partial charge in [0.1, 0.15) is 0 Å². The van der Waals surface area contributed by atoms with Gasteiger partial charge in [0.05, 0.1) is 14.2 Å². The second-order valence-corrected chi connectivity index (χ2v) is 4.52. The third-order valence-electron chi connectivity index (χ3n) is 3.23. The van der Waals surface area contributed by atoms with Crippen LogP contribution in [0, 0.1) is 0 Å². The molecule has 1 aliphatic carbocycles. The zero-order valence-corrected chi connectivity index (χ0v) is 10.8. The number of hydrogen-bond acceptors (Lipinski definition) is 3. The number of hydrogen-bond donors (Lipinski definition) is 1. The molecule has 0 radical (unpaired) electrons. The standard InChI is InChI=1S/C14H21NO2/c1-4-12(15-11-6-7-11)10-5-8-13(16-2)14(9-10)17-3/h5,8-9,11-12,15H,4,6-7H2,1-3H3. The molecule has 1 aromatic rings. The summed E-state index contributed by atoms with van der Waals surface area (Å²) >= 11 is 0. The van der Waals surface area contributed by atoms with Crippen molar-refractivity contribution in [3.8, 4) is 11.5 Å². The Bertz CT molecular complexity index is 374. The van der Waals surface area contributed by atoms with Crippen LogP contribution in [0.4, 0.5) is 0 Å². The lowest BCUT2D eigenvalue weighted by atomic mass is 10.0. The first-order valence-electron chi connectivity index (χ1n) is 6.26. The fourth-order valence-corrected chi connectivity index (χ4v) is 2.05. The minimum Gasteiger partial charge on any atom is -0.493 e. The van der Waals surface area contributed by atoms with Crippen LogP contribution < -0.4 is 14.8 Å². The van der Waals surface area contributed by atoms with E-state index >= 15 is 0 Å². The quantitative estimate of drug-likeness (QED) is 0.822.